The highest BCUT2D eigenvalue weighted by molar-refractivity contribution is 6.04. The number of carbonyl (C=O) groups excluding carboxylic acids is 1. The van der Waals surface area contributed by atoms with Crippen molar-refractivity contribution in [2.45, 2.75) is 19.1 Å². The number of hydrogen-bond donors (Lipinski definition) is 1. The van der Waals surface area contributed by atoms with Crippen LogP contribution < -0.4 is 5.32 Å². The SMILES string of the molecule is CC(NC(=O)c1cc(F)cc2nccnc12)c1cccc(C(F)(F)F)c1. The third kappa shape index (κ3) is 3.63. The monoisotopic (exact) mass is 363 g/mol. The number of fused-ring (bicyclic) bond motifs is 1. The van der Waals surface area contributed by atoms with Crippen molar-refractivity contribution in [3.8, 4) is 0 Å². The van der Waals surface area contributed by atoms with Crippen LogP contribution >= 0.6 is 0 Å². The van der Waals surface area contributed by atoms with Gasteiger partial charge < -0.3 is 5.32 Å². The Labute approximate surface area is 145 Å². The summed E-state index contributed by atoms with van der Waals surface area (Å²) in [5.74, 6) is -1.31. The molecule has 3 aromatic rings. The first kappa shape index (κ1) is 17.8. The fourth-order valence-electron chi connectivity index (χ4n) is 2.56. The summed E-state index contributed by atoms with van der Waals surface area (Å²) in [4.78, 5) is 20.5. The smallest absolute Gasteiger partial charge is 0.345 e. The fraction of sp³-hybridized carbons (Fsp3) is 0.167. The van der Waals surface area contributed by atoms with E-state index in [0.29, 0.717) is 0 Å². The van der Waals surface area contributed by atoms with Crippen molar-refractivity contribution in [3.63, 3.8) is 0 Å². The van der Waals surface area contributed by atoms with Gasteiger partial charge in [-0.15, -0.1) is 0 Å². The summed E-state index contributed by atoms with van der Waals surface area (Å²) >= 11 is 0. The molecule has 4 nitrogen and oxygen atoms in total. The number of rotatable bonds is 3. The molecule has 0 fully saturated rings. The highest BCUT2D eigenvalue weighted by atomic mass is 19.4. The molecule has 0 aliphatic heterocycles. The van der Waals surface area contributed by atoms with E-state index >= 15 is 0 Å². The van der Waals surface area contributed by atoms with E-state index in [-0.39, 0.29) is 22.2 Å². The van der Waals surface area contributed by atoms with Crippen LogP contribution in [-0.4, -0.2) is 15.9 Å². The number of alkyl halides is 3. The lowest BCUT2D eigenvalue weighted by molar-refractivity contribution is -0.137. The number of benzene rings is 2. The molecule has 1 atom stereocenters. The Morgan fingerprint density at radius 3 is 2.58 bits per heavy atom. The van der Waals surface area contributed by atoms with Gasteiger partial charge in [-0.2, -0.15) is 13.2 Å². The van der Waals surface area contributed by atoms with Crippen LogP contribution in [0.5, 0.6) is 0 Å². The Balaban J connectivity index is 1.89. The van der Waals surface area contributed by atoms with Gasteiger partial charge in [-0.3, -0.25) is 14.8 Å². The number of nitrogens with zero attached hydrogens (tertiary/aromatic N) is 2. The highest BCUT2D eigenvalue weighted by Crippen LogP contribution is 2.30. The molecule has 134 valence electrons. The van der Waals surface area contributed by atoms with Gasteiger partial charge in [0, 0.05) is 18.5 Å². The molecule has 1 heterocycles. The zero-order valence-corrected chi connectivity index (χ0v) is 13.5. The van der Waals surface area contributed by atoms with Crippen molar-refractivity contribution in [1.82, 2.24) is 15.3 Å². The number of hydrogen-bond acceptors (Lipinski definition) is 3. The van der Waals surface area contributed by atoms with Gasteiger partial charge >= 0.3 is 6.18 Å². The predicted molar refractivity (Wildman–Crippen MR) is 86.8 cm³/mol. The second-order valence-electron chi connectivity index (χ2n) is 5.70. The molecule has 1 aromatic heterocycles. The van der Waals surface area contributed by atoms with Gasteiger partial charge in [0.05, 0.1) is 22.7 Å². The lowest BCUT2D eigenvalue weighted by Crippen LogP contribution is -2.27. The van der Waals surface area contributed by atoms with Crippen LogP contribution in [0.1, 0.15) is 34.5 Å². The summed E-state index contributed by atoms with van der Waals surface area (Å²) in [5.41, 5.74) is -0.142. The zero-order valence-electron chi connectivity index (χ0n) is 13.5. The standard InChI is InChI=1S/C18H13F4N3O/c1-10(11-3-2-4-12(7-11)18(20,21)22)25-17(26)14-8-13(19)9-15-16(14)24-6-5-23-15/h2-10H,1H3,(H,25,26). The van der Waals surface area contributed by atoms with Gasteiger partial charge in [0.25, 0.3) is 5.91 Å². The van der Waals surface area contributed by atoms with E-state index in [9.17, 15) is 22.4 Å². The molecule has 0 radical (unpaired) electrons. The van der Waals surface area contributed by atoms with Crippen LogP contribution in [0.3, 0.4) is 0 Å². The van der Waals surface area contributed by atoms with E-state index in [1.54, 1.807) is 6.92 Å². The van der Waals surface area contributed by atoms with Crippen molar-refractivity contribution >= 4 is 16.9 Å². The van der Waals surface area contributed by atoms with E-state index in [0.717, 1.165) is 24.3 Å². The van der Waals surface area contributed by atoms with Gasteiger partial charge in [-0.05, 0) is 30.7 Å². The average molecular weight is 363 g/mol. The lowest BCUT2D eigenvalue weighted by atomic mass is 10.0. The largest absolute Gasteiger partial charge is 0.416 e. The summed E-state index contributed by atoms with van der Waals surface area (Å²) < 4.78 is 52.2. The molecule has 8 heteroatoms. The van der Waals surface area contributed by atoms with Crippen LogP contribution in [-0.2, 0) is 6.18 Å². The molecule has 2 aromatic carbocycles. The van der Waals surface area contributed by atoms with Crippen LogP contribution in [0.2, 0.25) is 0 Å². The maximum absolute atomic E-state index is 13.7. The molecule has 0 aliphatic carbocycles. The minimum Gasteiger partial charge on any atom is -0.345 e. The lowest BCUT2D eigenvalue weighted by Gasteiger charge is -2.16. The minimum absolute atomic E-state index is 0.0353. The molecule has 0 saturated heterocycles. The molecule has 0 aliphatic rings. The van der Waals surface area contributed by atoms with Crippen molar-refractivity contribution in [1.29, 1.82) is 0 Å². The van der Waals surface area contributed by atoms with Gasteiger partial charge in [-0.25, -0.2) is 4.39 Å². The molecule has 3 rings (SSSR count). The van der Waals surface area contributed by atoms with E-state index in [1.807, 2.05) is 0 Å². The van der Waals surface area contributed by atoms with E-state index in [2.05, 4.69) is 15.3 Å². The van der Waals surface area contributed by atoms with Crippen molar-refractivity contribution in [3.05, 3.63) is 71.3 Å². The minimum atomic E-state index is -4.48. The topological polar surface area (TPSA) is 54.9 Å². The molecule has 0 spiro atoms. The maximum atomic E-state index is 13.7. The Kier molecular flexibility index (Phi) is 4.58. The molecule has 0 bridgehead atoms. The van der Waals surface area contributed by atoms with Crippen molar-refractivity contribution in [2.24, 2.45) is 0 Å². The number of amides is 1. The van der Waals surface area contributed by atoms with Crippen molar-refractivity contribution < 1.29 is 22.4 Å². The molecule has 26 heavy (non-hydrogen) atoms. The molecular formula is C18H13F4N3O. The summed E-state index contributed by atoms with van der Waals surface area (Å²) in [6.45, 7) is 1.54. The summed E-state index contributed by atoms with van der Waals surface area (Å²) in [6.07, 6.45) is -1.74. The Hall–Kier alpha value is -3.03. The summed E-state index contributed by atoms with van der Waals surface area (Å²) in [6, 6.07) is 6.11. The summed E-state index contributed by atoms with van der Waals surface area (Å²) in [7, 11) is 0. The Bertz CT molecular complexity index is 972. The molecule has 1 amide bonds. The highest BCUT2D eigenvalue weighted by Gasteiger charge is 2.30. The molecule has 1 unspecified atom stereocenters. The second-order valence-corrected chi connectivity index (χ2v) is 5.70. The van der Waals surface area contributed by atoms with Crippen molar-refractivity contribution in [2.75, 3.05) is 0 Å². The number of halogens is 4. The second kappa shape index (κ2) is 6.70. The predicted octanol–water partition coefficient (Wildman–Crippen LogP) is 4.28. The van der Waals surface area contributed by atoms with Gasteiger partial charge in [-0.1, -0.05) is 12.1 Å². The van der Waals surface area contributed by atoms with Gasteiger partial charge in [0.1, 0.15) is 11.3 Å². The number of carbonyl (C=O) groups is 1. The Morgan fingerprint density at radius 1 is 1.12 bits per heavy atom. The third-order valence-electron chi connectivity index (χ3n) is 3.84. The molecular weight excluding hydrogens is 350 g/mol. The van der Waals surface area contributed by atoms with E-state index in [4.69, 9.17) is 0 Å². The van der Waals surface area contributed by atoms with Gasteiger partial charge in [0.15, 0.2) is 0 Å². The first-order valence-corrected chi connectivity index (χ1v) is 7.64. The first-order chi connectivity index (χ1) is 12.3. The van der Waals surface area contributed by atoms with E-state index in [1.165, 1.54) is 24.5 Å². The van der Waals surface area contributed by atoms with E-state index < -0.39 is 29.5 Å². The molecule has 0 saturated carbocycles. The fourth-order valence-corrected chi connectivity index (χ4v) is 2.56. The maximum Gasteiger partial charge on any atom is 0.416 e. The quantitative estimate of drug-likeness (QED) is 0.707. The van der Waals surface area contributed by atoms with Crippen LogP contribution in [0.4, 0.5) is 17.6 Å². The van der Waals surface area contributed by atoms with Crippen LogP contribution in [0, 0.1) is 5.82 Å². The molecule has 1 N–H and O–H groups in total. The van der Waals surface area contributed by atoms with Crippen LogP contribution in [0.25, 0.3) is 11.0 Å². The Morgan fingerprint density at radius 2 is 1.85 bits per heavy atom. The number of nitrogens with one attached hydrogen (secondary N) is 1. The number of aromatic nitrogens is 2. The first-order valence-electron chi connectivity index (χ1n) is 7.64. The van der Waals surface area contributed by atoms with Gasteiger partial charge in [0.2, 0.25) is 0 Å². The van der Waals surface area contributed by atoms with Crippen LogP contribution in [0.15, 0.2) is 48.8 Å². The normalized spacial score (nSPS) is 12.8. The summed E-state index contributed by atoms with van der Waals surface area (Å²) in [5, 5.41) is 2.57. The third-order valence-corrected chi connectivity index (χ3v) is 3.84. The zero-order chi connectivity index (χ0) is 18.9. The average Bonchev–Trinajstić information content (AvgIpc) is 2.60.